The number of nitrogens with zero attached hydrogens (tertiary/aromatic N) is 2. The van der Waals surface area contributed by atoms with Gasteiger partial charge in [-0.2, -0.15) is 0 Å². The molecule has 0 unspecified atom stereocenters. The summed E-state index contributed by atoms with van der Waals surface area (Å²) in [6, 6.07) is 12.4. The fourth-order valence-electron chi connectivity index (χ4n) is 3.12. The van der Waals surface area contributed by atoms with Crippen molar-refractivity contribution in [3.63, 3.8) is 0 Å². The molecule has 0 spiro atoms. The Hall–Kier alpha value is -3.81. The molecular formula is C24H27N3O5. The maximum absolute atomic E-state index is 12.8. The molecule has 0 fully saturated rings. The summed E-state index contributed by atoms with van der Waals surface area (Å²) in [6.07, 6.45) is 0. The number of hydrogen-bond donors (Lipinski definition) is 1. The summed E-state index contributed by atoms with van der Waals surface area (Å²) in [5.74, 6) is 1.36. The fraction of sp³-hybridized carbons (Fsp3) is 0.292. The van der Waals surface area contributed by atoms with Crippen molar-refractivity contribution in [2.75, 3.05) is 19.5 Å². The number of aryl methyl sites for hydroxylation is 2. The third-order valence-electron chi connectivity index (χ3n) is 5.12. The molecule has 0 saturated heterocycles. The van der Waals surface area contributed by atoms with Crippen LogP contribution in [0.15, 0.2) is 47.0 Å². The van der Waals surface area contributed by atoms with Gasteiger partial charge in [-0.05, 0) is 49.7 Å². The van der Waals surface area contributed by atoms with Crippen molar-refractivity contribution in [1.82, 2.24) is 10.1 Å². The van der Waals surface area contributed by atoms with Gasteiger partial charge in [0.2, 0.25) is 5.91 Å². The van der Waals surface area contributed by atoms with Crippen LogP contribution in [0.5, 0.6) is 11.5 Å². The van der Waals surface area contributed by atoms with Gasteiger partial charge in [0.1, 0.15) is 12.4 Å². The fourth-order valence-corrected chi connectivity index (χ4v) is 3.12. The van der Waals surface area contributed by atoms with Gasteiger partial charge in [-0.15, -0.1) is 0 Å². The van der Waals surface area contributed by atoms with E-state index in [0.717, 1.165) is 16.8 Å². The van der Waals surface area contributed by atoms with Crippen LogP contribution < -0.4 is 14.8 Å². The Balaban J connectivity index is 1.70. The Kier molecular flexibility index (Phi) is 7.14. The normalized spacial score (nSPS) is 10.5. The molecule has 32 heavy (non-hydrogen) atoms. The largest absolute Gasteiger partial charge is 0.493 e. The Labute approximate surface area is 187 Å². The predicted molar refractivity (Wildman–Crippen MR) is 120 cm³/mol. The number of rotatable bonds is 8. The van der Waals surface area contributed by atoms with E-state index in [1.165, 1.54) is 14.0 Å². The standard InChI is InChI=1S/C24H27N3O5/c1-15-21(16(2)32-26-15)14-31-22-10-9-19(12-23(22)30-5)24(29)25-20-8-6-7-18(11-20)13-27(4)17(3)28/h6-12H,13-14H2,1-5H3,(H,25,29). The first-order valence-corrected chi connectivity index (χ1v) is 10.1. The van der Waals surface area contributed by atoms with Gasteiger partial charge in [0, 0.05) is 31.8 Å². The first-order valence-electron chi connectivity index (χ1n) is 10.1. The van der Waals surface area contributed by atoms with Crippen molar-refractivity contribution < 1.29 is 23.6 Å². The third kappa shape index (κ3) is 5.46. The monoisotopic (exact) mass is 437 g/mol. The number of hydrogen-bond acceptors (Lipinski definition) is 6. The quantitative estimate of drug-likeness (QED) is 0.570. The number of methoxy groups -OCH3 is 1. The summed E-state index contributed by atoms with van der Waals surface area (Å²) in [4.78, 5) is 25.8. The number of ether oxygens (including phenoxy) is 2. The minimum Gasteiger partial charge on any atom is -0.493 e. The first kappa shape index (κ1) is 22.9. The van der Waals surface area contributed by atoms with Gasteiger partial charge >= 0.3 is 0 Å². The molecule has 1 N–H and O–H groups in total. The second-order valence-electron chi connectivity index (χ2n) is 7.49. The molecule has 8 nitrogen and oxygen atoms in total. The third-order valence-corrected chi connectivity index (χ3v) is 5.12. The van der Waals surface area contributed by atoms with Gasteiger partial charge in [0.05, 0.1) is 18.4 Å². The number of amides is 2. The molecule has 2 aromatic carbocycles. The molecule has 168 valence electrons. The molecular weight excluding hydrogens is 410 g/mol. The van der Waals surface area contributed by atoms with Crippen LogP contribution in [0.4, 0.5) is 5.69 Å². The zero-order chi connectivity index (χ0) is 23.3. The molecule has 1 heterocycles. The molecule has 1 aromatic heterocycles. The van der Waals surface area contributed by atoms with E-state index < -0.39 is 0 Å². The number of nitrogens with one attached hydrogen (secondary N) is 1. The molecule has 0 atom stereocenters. The van der Waals surface area contributed by atoms with Crippen molar-refractivity contribution in [2.24, 2.45) is 0 Å². The number of carbonyl (C=O) groups excluding carboxylic acids is 2. The molecule has 0 aliphatic heterocycles. The lowest BCUT2D eigenvalue weighted by Gasteiger charge is -2.16. The van der Waals surface area contributed by atoms with Crippen LogP contribution >= 0.6 is 0 Å². The molecule has 2 amide bonds. The van der Waals surface area contributed by atoms with Gasteiger partial charge in [-0.1, -0.05) is 17.3 Å². The second kappa shape index (κ2) is 10.00. The lowest BCUT2D eigenvalue weighted by molar-refractivity contribution is -0.128. The molecule has 0 saturated carbocycles. The van der Waals surface area contributed by atoms with Crippen LogP contribution in [0.3, 0.4) is 0 Å². The molecule has 3 aromatic rings. The van der Waals surface area contributed by atoms with E-state index in [4.69, 9.17) is 14.0 Å². The van der Waals surface area contributed by atoms with Gasteiger partial charge in [0.15, 0.2) is 11.5 Å². The van der Waals surface area contributed by atoms with Crippen molar-refractivity contribution >= 4 is 17.5 Å². The Morgan fingerprint density at radius 2 is 1.91 bits per heavy atom. The highest BCUT2D eigenvalue weighted by Crippen LogP contribution is 2.30. The summed E-state index contributed by atoms with van der Waals surface area (Å²) >= 11 is 0. The van der Waals surface area contributed by atoms with Gasteiger partial charge in [-0.3, -0.25) is 9.59 Å². The molecule has 0 bridgehead atoms. The van der Waals surface area contributed by atoms with Crippen LogP contribution in [-0.2, 0) is 17.9 Å². The average Bonchev–Trinajstić information content (AvgIpc) is 3.09. The molecule has 0 aliphatic rings. The van der Waals surface area contributed by atoms with E-state index in [2.05, 4.69) is 10.5 Å². The number of anilines is 1. The summed E-state index contributed by atoms with van der Waals surface area (Å²) in [6.45, 7) is 5.94. The van der Waals surface area contributed by atoms with E-state index in [1.807, 2.05) is 32.0 Å². The summed E-state index contributed by atoms with van der Waals surface area (Å²) < 4.78 is 16.4. The summed E-state index contributed by atoms with van der Waals surface area (Å²) in [5, 5.41) is 6.80. The maximum Gasteiger partial charge on any atom is 0.255 e. The SMILES string of the molecule is COc1cc(C(=O)Nc2cccc(CN(C)C(C)=O)c2)ccc1OCc1c(C)noc1C. The smallest absolute Gasteiger partial charge is 0.255 e. The van der Waals surface area contributed by atoms with Crippen LogP contribution in [0.2, 0.25) is 0 Å². The van der Waals surface area contributed by atoms with Gasteiger partial charge < -0.3 is 24.2 Å². The average molecular weight is 437 g/mol. The zero-order valence-corrected chi connectivity index (χ0v) is 18.9. The van der Waals surface area contributed by atoms with E-state index in [1.54, 1.807) is 36.2 Å². The minimum absolute atomic E-state index is 0.0248. The molecule has 8 heteroatoms. The zero-order valence-electron chi connectivity index (χ0n) is 18.9. The predicted octanol–water partition coefficient (Wildman–Crippen LogP) is 4.11. The van der Waals surface area contributed by atoms with E-state index in [9.17, 15) is 9.59 Å². The van der Waals surface area contributed by atoms with Crippen molar-refractivity contribution in [3.8, 4) is 11.5 Å². The van der Waals surface area contributed by atoms with Crippen LogP contribution in [0, 0.1) is 13.8 Å². The molecule has 0 radical (unpaired) electrons. The minimum atomic E-state index is -0.280. The van der Waals surface area contributed by atoms with Gasteiger partial charge in [0.25, 0.3) is 5.91 Å². The lowest BCUT2D eigenvalue weighted by Crippen LogP contribution is -2.23. The highest BCUT2D eigenvalue weighted by Gasteiger charge is 2.15. The number of benzene rings is 2. The highest BCUT2D eigenvalue weighted by molar-refractivity contribution is 6.04. The first-order chi connectivity index (χ1) is 15.3. The van der Waals surface area contributed by atoms with Gasteiger partial charge in [-0.25, -0.2) is 0 Å². The van der Waals surface area contributed by atoms with Crippen LogP contribution in [-0.4, -0.2) is 36.0 Å². The Morgan fingerprint density at radius 3 is 2.56 bits per heavy atom. The van der Waals surface area contributed by atoms with Crippen LogP contribution in [0.1, 0.15) is 39.9 Å². The Bertz CT molecular complexity index is 1100. The van der Waals surface area contributed by atoms with Crippen LogP contribution in [0.25, 0.3) is 0 Å². The van der Waals surface area contributed by atoms with E-state index in [0.29, 0.717) is 35.1 Å². The van der Waals surface area contributed by atoms with Crippen molar-refractivity contribution in [3.05, 3.63) is 70.6 Å². The second-order valence-corrected chi connectivity index (χ2v) is 7.49. The number of carbonyl (C=O) groups is 2. The molecule has 0 aliphatic carbocycles. The van der Waals surface area contributed by atoms with E-state index >= 15 is 0 Å². The summed E-state index contributed by atoms with van der Waals surface area (Å²) in [7, 11) is 3.25. The maximum atomic E-state index is 12.8. The lowest BCUT2D eigenvalue weighted by atomic mass is 10.1. The van der Waals surface area contributed by atoms with E-state index in [-0.39, 0.29) is 18.4 Å². The van der Waals surface area contributed by atoms with Crippen molar-refractivity contribution in [2.45, 2.75) is 33.9 Å². The molecule has 3 rings (SSSR count). The van der Waals surface area contributed by atoms with Crippen molar-refractivity contribution in [1.29, 1.82) is 0 Å². The highest BCUT2D eigenvalue weighted by atomic mass is 16.5. The summed E-state index contributed by atoms with van der Waals surface area (Å²) in [5.41, 5.74) is 3.64. The topological polar surface area (TPSA) is 93.9 Å². The Morgan fingerprint density at radius 1 is 1.12 bits per heavy atom. The number of aromatic nitrogens is 1.